The highest BCUT2D eigenvalue weighted by Gasteiger charge is 2.12. The highest BCUT2D eigenvalue weighted by atomic mass is 16.1. The third-order valence-corrected chi connectivity index (χ3v) is 2.62. The van der Waals surface area contributed by atoms with E-state index in [-0.39, 0.29) is 5.91 Å². The van der Waals surface area contributed by atoms with E-state index in [4.69, 9.17) is 5.73 Å². The van der Waals surface area contributed by atoms with Crippen LogP contribution in [0.4, 0.5) is 0 Å². The first-order chi connectivity index (χ1) is 6.56. The fourth-order valence-electron chi connectivity index (χ4n) is 1.53. The lowest BCUT2D eigenvalue weighted by Gasteiger charge is -2.13. The van der Waals surface area contributed by atoms with E-state index in [0.717, 1.165) is 12.0 Å². The van der Waals surface area contributed by atoms with Gasteiger partial charge in [0, 0.05) is 5.56 Å². The molecule has 0 radical (unpaired) electrons. The summed E-state index contributed by atoms with van der Waals surface area (Å²) >= 11 is 0. The normalized spacial score (nSPS) is 12.5. The maximum Gasteiger partial charge on any atom is 0.248 e. The predicted molar refractivity (Wildman–Crippen MR) is 58.4 cm³/mol. The van der Waals surface area contributed by atoms with Gasteiger partial charge in [0.05, 0.1) is 0 Å². The summed E-state index contributed by atoms with van der Waals surface area (Å²) in [4.78, 5) is 11.2. The molecule has 2 heteroatoms. The van der Waals surface area contributed by atoms with Crippen LogP contribution in [-0.4, -0.2) is 5.91 Å². The minimum atomic E-state index is -0.333. The third-order valence-electron chi connectivity index (χ3n) is 2.62. The maximum absolute atomic E-state index is 11.2. The molecule has 0 aliphatic rings. The van der Waals surface area contributed by atoms with Gasteiger partial charge in [0.2, 0.25) is 5.91 Å². The molecule has 0 aliphatic carbocycles. The van der Waals surface area contributed by atoms with E-state index in [1.807, 2.05) is 25.1 Å². The zero-order valence-electron chi connectivity index (χ0n) is 9.00. The zero-order chi connectivity index (χ0) is 10.7. The van der Waals surface area contributed by atoms with Crippen molar-refractivity contribution >= 4 is 5.91 Å². The first-order valence-corrected chi connectivity index (χ1v) is 4.96. The van der Waals surface area contributed by atoms with Crippen LogP contribution in [0.5, 0.6) is 0 Å². The van der Waals surface area contributed by atoms with Crippen molar-refractivity contribution in [2.45, 2.75) is 33.1 Å². The molecule has 0 saturated carbocycles. The molecule has 0 spiro atoms. The van der Waals surface area contributed by atoms with Crippen LogP contribution in [0.25, 0.3) is 0 Å². The minimum absolute atomic E-state index is 0.333. The van der Waals surface area contributed by atoms with Crippen molar-refractivity contribution in [1.29, 1.82) is 0 Å². The molecule has 1 amide bonds. The van der Waals surface area contributed by atoms with Crippen LogP contribution >= 0.6 is 0 Å². The molecule has 0 bridgehead atoms. The molecule has 1 atom stereocenters. The molecular weight excluding hydrogens is 174 g/mol. The fourth-order valence-corrected chi connectivity index (χ4v) is 1.53. The van der Waals surface area contributed by atoms with Gasteiger partial charge >= 0.3 is 0 Å². The molecule has 14 heavy (non-hydrogen) atoms. The summed E-state index contributed by atoms with van der Waals surface area (Å²) in [5, 5.41) is 0. The van der Waals surface area contributed by atoms with Crippen LogP contribution in [0.1, 0.15) is 47.7 Å². The van der Waals surface area contributed by atoms with Gasteiger partial charge in [-0.25, -0.2) is 0 Å². The first kappa shape index (κ1) is 10.8. The van der Waals surface area contributed by atoms with Gasteiger partial charge in [-0.3, -0.25) is 4.79 Å². The second-order valence-electron chi connectivity index (χ2n) is 3.76. The number of nitrogens with two attached hydrogens (primary N) is 1. The Hall–Kier alpha value is -1.31. The molecule has 0 aromatic heterocycles. The lowest BCUT2D eigenvalue weighted by Crippen LogP contribution is -2.14. The SMILES string of the molecule is CCC(C)c1cc(C)ccc1C(N)=O. The minimum Gasteiger partial charge on any atom is -0.366 e. The Kier molecular flexibility index (Phi) is 3.28. The third kappa shape index (κ3) is 2.13. The van der Waals surface area contributed by atoms with E-state index in [1.54, 1.807) is 0 Å². The number of hydrogen-bond acceptors (Lipinski definition) is 1. The van der Waals surface area contributed by atoms with Crippen molar-refractivity contribution in [1.82, 2.24) is 0 Å². The Morgan fingerprint density at radius 3 is 2.64 bits per heavy atom. The number of carbonyl (C=O) groups excluding carboxylic acids is 1. The highest BCUT2D eigenvalue weighted by molar-refractivity contribution is 5.94. The highest BCUT2D eigenvalue weighted by Crippen LogP contribution is 2.23. The smallest absolute Gasteiger partial charge is 0.248 e. The van der Waals surface area contributed by atoms with Crippen molar-refractivity contribution in [3.8, 4) is 0 Å². The van der Waals surface area contributed by atoms with Gasteiger partial charge in [-0.1, -0.05) is 31.5 Å². The van der Waals surface area contributed by atoms with Gasteiger partial charge in [0.25, 0.3) is 0 Å². The average Bonchev–Trinajstić information content (AvgIpc) is 2.16. The van der Waals surface area contributed by atoms with Crippen LogP contribution in [0.2, 0.25) is 0 Å². The molecule has 1 rings (SSSR count). The molecule has 1 aromatic carbocycles. The van der Waals surface area contributed by atoms with Crippen LogP contribution < -0.4 is 5.73 Å². The molecule has 0 fully saturated rings. The summed E-state index contributed by atoms with van der Waals surface area (Å²) < 4.78 is 0. The Morgan fingerprint density at radius 1 is 1.50 bits per heavy atom. The molecule has 76 valence electrons. The molecule has 1 aromatic rings. The molecular formula is C12H17NO. The lowest BCUT2D eigenvalue weighted by molar-refractivity contribution is 0.0999. The van der Waals surface area contributed by atoms with Gasteiger partial charge in [-0.05, 0) is 30.9 Å². The van der Waals surface area contributed by atoms with Crippen molar-refractivity contribution in [2.24, 2.45) is 5.73 Å². The van der Waals surface area contributed by atoms with Crippen molar-refractivity contribution < 1.29 is 4.79 Å². The predicted octanol–water partition coefficient (Wildman–Crippen LogP) is 2.61. The van der Waals surface area contributed by atoms with Crippen molar-refractivity contribution in [3.63, 3.8) is 0 Å². The van der Waals surface area contributed by atoms with E-state index in [2.05, 4.69) is 13.8 Å². The van der Waals surface area contributed by atoms with E-state index < -0.39 is 0 Å². The zero-order valence-corrected chi connectivity index (χ0v) is 9.00. The second kappa shape index (κ2) is 4.27. The van der Waals surface area contributed by atoms with Crippen LogP contribution in [-0.2, 0) is 0 Å². The number of carbonyl (C=O) groups is 1. The molecule has 0 saturated heterocycles. The molecule has 0 aliphatic heterocycles. The molecule has 0 heterocycles. The lowest BCUT2D eigenvalue weighted by atomic mass is 9.92. The standard InChI is InChI=1S/C12H17NO/c1-4-9(3)11-7-8(2)5-6-10(11)12(13)14/h5-7,9H,4H2,1-3H3,(H2,13,14). The van der Waals surface area contributed by atoms with Gasteiger partial charge < -0.3 is 5.73 Å². The van der Waals surface area contributed by atoms with E-state index >= 15 is 0 Å². The summed E-state index contributed by atoms with van der Waals surface area (Å²) in [5.41, 5.74) is 8.22. The van der Waals surface area contributed by atoms with Gasteiger partial charge in [-0.15, -0.1) is 0 Å². The molecule has 1 unspecified atom stereocenters. The summed E-state index contributed by atoms with van der Waals surface area (Å²) in [6, 6.07) is 5.79. The maximum atomic E-state index is 11.2. The summed E-state index contributed by atoms with van der Waals surface area (Å²) in [5.74, 6) is 0.0534. The van der Waals surface area contributed by atoms with Gasteiger partial charge in [-0.2, -0.15) is 0 Å². The Balaban J connectivity index is 3.22. The number of amides is 1. The number of benzene rings is 1. The quantitative estimate of drug-likeness (QED) is 0.784. The van der Waals surface area contributed by atoms with Crippen LogP contribution in [0, 0.1) is 6.92 Å². The number of hydrogen-bond donors (Lipinski definition) is 1. The Morgan fingerprint density at radius 2 is 2.14 bits per heavy atom. The largest absolute Gasteiger partial charge is 0.366 e. The summed E-state index contributed by atoms with van der Waals surface area (Å²) in [6.07, 6.45) is 1.02. The van der Waals surface area contributed by atoms with E-state index in [1.165, 1.54) is 5.56 Å². The number of rotatable bonds is 3. The van der Waals surface area contributed by atoms with E-state index in [0.29, 0.717) is 11.5 Å². The first-order valence-electron chi connectivity index (χ1n) is 4.96. The van der Waals surface area contributed by atoms with Crippen LogP contribution in [0.15, 0.2) is 18.2 Å². The summed E-state index contributed by atoms with van der Waals surface area (Å²) in [7, 11) is 0. The molecule has 2 N–H and O–H groups in total. The topological polar surface area (TPSA) is 43.1 Å². The Bertz CT molecular complexity index is 344. The monoisotopic (exact) mass is 191 g/mol. The number of aryl methyl sites for hydroxylation is 1. The fraction of sp³-hybridized carbons (Fsp3) is 0.417. The number of primary amides is 1. The van der Waals surface area contributed by atoms with E-state index in [9.17, 15) is 4.79 Å². The Labute approximate surface area is 85.1 Å². The van der Waals surface area contributed by atoms with Crippen molar-refractivity contribution in [2.75, 3.05) is 0 Å². The van der Waals surface area contributed by atoms with Crippen molar-refractivity contribution in [3.05, 3.63) is 34.9 Å². The second-order valence-corrected chi connectivity index (χ2v) is 3.76. The van der Waals surface area contributed by atoms with Crippen LogP contribution in [0.3, 0.4) is 0 Å². The summed E-state index contributed by atoms with van der Waals surface area (Å²) in [6.45, 7) is 6.25. The van der Waals surface area contributed by atoms with Gasteiger partial charge in [0.1, 0.15) is 0 Å². The average molecular weight is 191 g/mol. The van der Waals surface area contributed by atoms with Gasteiger partial charge in [0.15, 0.2) is 0 Å². The molecule has 2 nitrogen and oxygen atoms in total.